The minimum absolute atomic E-state index is 0.0236. The van der Waals surface area contributed by atoms with Crippen LogP contribution in [0.5, 0.6) is 0 Å². The van der Waals surface area contributed by atoms with Crippen molar-refractivity contribution in [2.24, 2.45) is 11.8 Å². The van der Waals surface area contributed by atoms with Crippen molar-refractivity contribution in [3.8, 4) is 0 Å². The Morgan fingerprint density at radius 3 is 2.23 bits per heavy atom. The van der Waals surface area contributed by atoms with Gasteiger partial charge in [-0.2, -0.15) is 0 Å². The molecule has 1 aliphatic heterocycles. The summed E-state index contributed by atoms with van der Waals surface area (Å²) in [6.07, 6.45) is 4.76. The Morgan fingerprint density at radius 2 is 1.77 bits per heavy atom. The van der Waals surface area contributed by atoms with Crippen LogP contribution in [0.3, 0.4) is 0 Å². The number of likely N-dealkylation sites (N-methyl/N-ethyl adjacent to an activating group) is 1. The topological polar surface area (TPSA) is 61.4 Å². The van der Waals surface area contributed by atoms with Gasteiger partial charge in [0.25, 0.3) is 0 Å². The summed E-state index contributed by atoms with van der Waals surface area (Å²) >= 11 is 0. The van der Waals surface area contributed by atoms with E-state index in [0.717, 1.165) is 45.2 Å². The van der Waals surface area contributed by atoms with Gasteiger partial charge in [0.05, 0.1) is 0 Å². The van der Waals surface area contributed by atoms with E-state index >= 15 is 0 Å². The zero-order valence-corrected chi connectivity index (χ0v) is 14.3. The number of hydrogen-bond acceptors (Lipinski definition) is 3. The summed E-state index contributed by atoms with van der Waals surface area (Å²) in [7, 11) is 0. The SMILES string of the molecule is CCN(CC)C(=O)C1(NC(=O)C(C)C2CNC2)CCCCC1. The van der Waals surface area contributed by atoms with Gasteiger partial charge in [-0.05, 0) is 45.7 Å². The van der Waals surface area contributed by atoms with Gasteiger partial charge in [0.1, 0.15) is 5.54 Å². The first-order valence-electron chi connectivity index (χ1n) is 8.86. The van der Waals surface area contributed by atoms with Crippen LogP contribution in [0.2, 0.25) is 0 Å². The molecule has 1 heterocycles. The summed E-state index contributed by atoms with van der Waals surface area (Å²) in [5, 5.41) is 6.39. The van der Waals surface area contributed by atoms with Gasteiger partial charge in [-0.1, -0.05) is 26.2 Å². The molecule has 1 aliphatic carbocycles. The average molecular weight is 309 g/mol. The number of nitrogens with zero attached hydrogens (tertiary/aromatic N) is 1. The van der Waals surface area contributed by atoms with Gasteiger partial charge in [-0.25, -0.2) is 0 Å². The second-order valence-corrected chi connectivity index (χ2v) is 6.82. The maximum absolute atomic E-state index is 13.0. The number of nitrogens with one attached hydrogen (secondary N) is 2. The first kappa shape index (κ1) is 17.3. The number of carbonyl (C=O) groups is 2. The number of rotatable bonds is 6. The normalized spacial score (nSPS) is 22.5. The van der Waals surface area contributed by atoms with Crippen LogP contribution in [0.1, 0.15) is 52.9 Å². The van der Waals surface area contributed by atoms with E-state index in [2.05, 4.69) is 10.6 Å². The van der Waals surface area contributed by atoms with Crippen LogP contribution < -0.4 is 10.6 Å². The van der Waals surface area contributed by atoms with Crippen LogP contribution in [-0.2, 0) is 9.59 Å². The Hall–Kier alpha value is -1.10. The molecule has 0 bridgehead atoms. The highest BCUT2D eigenvalue weighted by atomic mass is 16.2. The highest BCUT2D eigenvalue weighted by Gasteiger charge is 2.44. The predicted octanol–water partition coefficient (Wildman–Crippen LogP) is 1.53. The lowest BCUT2D eigenvalue weighted by Crippen LogP contribution is -2.62. The maximum Gasteiger partial charge on any atom is 0.248 e. The van der Waals surface area contributed by atoms with Gasteiger partial charge in [0, 0.05) is 19.0 Å². The standard InChI is InChI=1S/C17H31N3O2/c1-4-20(5-2)16(22)17(9-7-6-8-10-17)19-15(21)13(3)14-11-18-12-14/h13-14,18H,4-12H2,1-3H3,(H,19,21). The minimum Gasteiger partial charge on any atom is -0.341 e. The van der Waals surface area contributed by atoms with Gasteiger partial charge in [-0.15, -0.1) is 0 Å². The summed E-state index contributed by atoms with van der Waals surface area (Å²) < 4.78 is 0. The summed E-state index contributed by atoms with van der Waals surface area (Å²) in [5.41, 5.74) is -0.660. The molecule has 2 fully saturated rings. The Bertz CT molecular complexity index is 397. The molecule has 126 valence electrons. The van der Waals surface area contributed by atoms with E-state index in [-0.39, 0.29) is 17.7 Å². The van der Waals surface area contributed by atoms with Crippen LogP contribution in [0.15, 0.2) is 0 Å². The van der Waals surface area contributed by atoms with Gasteiger partial charge in [0.15, 0.2) is 0 Å². The highest BCUT2D eigenvalue weighted by Crippen LogP contribution is 2.31. The fraction of sp³-hybridized carbons (Fsp3) is 0.882. The predicted molar refractivity (Wildman–Crippen MR) is 87.4 cm³/mol. The van der Waals surface area contributed by atoms with E-state index in [1.807, 2.05) is 25.7 Å². The fourth-order valence-electron chi connectivity index (χ4n) is 3.59. The third-order valence-electron chi connectivity index (χ3n) is 5.46. The molecule has 0 radical (unpaired) electrons. The van der Waals surface area contributed by atoms with Crippen molar-refractivity contribution >= 4 is 11.8 Å². The summed E-state index contributed by atoms with van der Waals surface area (Å²) in [4.78, 5) is 27.5. The highest BCUT2D eigenvalue weighted by molar-refractivity contribution is 5.92. The van der Waals surface area contributed by atoms with Gasteiger partial charge >= 0.3 is 0 Å². The molecule has 2 N–H and O–H groups in total. The van der Waals surface area contributed by atoms with Crippen molar-refractivity contribution in [2.45, 2.75) is 58.4 Å². The zero-order valence-electron chi connectivity index (χ0n) is 14.3. The number of hydrogen-bond donors (Lipinski definition) is 2. The minimum atomic E-state index is -0.660. The molecular formula is C17H31N3O2. The second-order valence-electron chi connectivity index (χ2n) is 6.82. The zero-order chi connectivity index (χ0) is 16.2. The molecule has 5 heteroatoms. The van der Waals surface area contributed by atoms with Crippen molar-refractivity contribution in [3.63, 3.8) is 0 Å². The Morgan fingerprint density at radius 1 is 1.18 bits per heavy atom. The van der Waals surface area contributed by atoms with E-state index in [1.165, 1.54) is 0 Å². The van der Waals surface area contributed by atoms with E-state index in [4.69, 9.17) is 0 Å². The van der Waals surface area contributed by atoms with Crippen molar-refractivity contribution in [2.75, 3.05) is 26.2 Å². The first-order valence-corrected chi connectivity index (χ1v) is 8.86. The Balaban J connectivity index is 2.10. The third-order valence-corrected chi connectivity index (χ3v) is 5.46. The van der Waals surface area contributed by atoms with E-state index in [9.17, 15) is 9.59 Å². The van der Waals surface area contributed by atoms with Crippen molar-refractivity contribution < 1.29 is 9.59 Å². The average Bonchev–Trinajstić information content (AvgIpc) is 2.47. The molecule has 1 atom stereocenters. The Kier molecular flexibility index (Phi) is 5.84. The van der Waals surface area contributed by atoms with Gasteiger partial charge in [0.2, 0.25) is 11.8 Å². The molecular weight excluding hydrogens is 278 g/mol. The van der Waals surface area contributed by atoms with Crippen LogP contribution in [0.4, 0.5) is 0 Å². The van der Waals surface area contributed by atoms with E-state index in [0.29, 0.717) is 19.0 Å². The monoisotopic (exact) mass is 309 g/mol. The smallest absolute Gasteiger partial charge is 0.248 e. The summed E-state index contributed by atoms with van der Waals surface area (Å²) in [6.45, 7) is 9.21. The first-order chi connectivity index (χ1) is 10.5. The Labute approximate surface area is 134 Å². The molecule has 0 aromatic rings. The molecule has 0 spiro atoms. The van der Waals surface area contributed by atoms with Crippen LogP contribution >= 0.6 is 0 Å². The lowest BCUT2D eigenvalue weighted by molar-refractivity contribution is -0.144. The quantitative estimate of drug-likeness (QED) is 0.782. The summed E-state index contributed by atoms with van der Waals surface area (Å²) in [6, 6.07) is 0. The lowest BCUT2D eigenvalue weighted by Gasteiger charge is -2.41. The van der Waals surface area contributed by atoms with E-state index in [1.54, 1.807) is 0 Å². The number of amides is 2. The van der Waals surface area contributed by atoms with Crippen LogP contribution in [-0.4, -0.2) is 48.4 Å². The molecule has 5 nitrogen and oxygen atoms in total. The second kappa shape index (κ2) is 7.44. The van der Waals surface area contributed by atoms with Crippen LogP contribution in [0.25, 0.3) is 0 Å². The molecule has 1 saturated heterocycles. The molecule has 2 rings (SSSR count). The molecule has 0 aromatic carbocycles. The molecule has 0 aromatic heterocycles. The molecule has 22 heavy (non-hydrogen) atoms. The fourth-order valence-corrected chi connectivity index (χ4v) is 3.59. The van der Waals surface area contributed by atoms with Crippen molar-refractivity contribution in [1.29, 1.82) is 0 Å². The van der Waals surface area contributed by atoms with Gasteiger partial charge in [-0.3, -0.25) is 9.59 Å². The maximum atomic E-state index is 13.0. The van der Waals surface area contributed by atoms with Gasteiger partial charge < -0.3 is 15.5 Å². The molecule has 2 aliphatic rings. The lowest BCUT2D eigenvalue weighted by atomic mass is 9.79. The van der Waals surface area contributed by atoms with E-state index < -0.39 is 5.54 Å². The molecule has 1 saturated carbocycles. The largest absolute Gasteiger partial charge is 0.341 e. The summed E-state index contributed by atoms with van der Waals surface area (Å²) in [5.74, 6) is 0.548. The van der Waals surface area contributed by atoms with Crippen molar-refractivity contribution in [3.05, 3.63) is 0 Å². The molecule has 2 amide bonds. The number of carbonyl (C=O) groups excluding carboxylic acids is 2. The third kappa shape index (κ3) is 3.45. The van der Waals surface area contributed by atoms with Crippen LogP contribution in [0, 0.1) is 11.8 Å². The molecule has 1 unspecified atom stereocenters. The van der Waals surface area contributed by atoms with Crippen molar-refractivity contribution in [1.82, 2.24) is 15.5 Å².